The molecule has 1 spiro atoms. The molecule has 4 nitrogen and oxygen atoms in total. The smallest absolute Gasteiger partial charge is 0.367 e. The highest BCUT2D eigenvalue weighted by atomic mass is 19.4. The number of benzene rings is 2. The molecule has 0 N–H and O–H groups in total. The largest absolute Gasteiger partial charge is 0.416 e. The van der Waals surface area contributed by atoms with Crippen molar-refractivity contribution in [3.63, 3.8) is 0 Å². The molecular formula is C23H22F3N3O. The number of amides is 1. The number of hydrogen-bond donors (Lipinski definition) is 0. The molecule has 0 radical (unpaired) electrons. The number of para-hydroxylation sites is 1. The van der Waals surface area contributed by atoms with E-state index < -0.39 is 17.2 Å². The van der Waals surface area contributed by atoms with Crippen LogP contribution in [-0.2, 0) is 17.4 Å². The van der Waals surface area contributed by atoms with Crippen LogP contribution in [-0.4, -0.2) is 24.2 Å². The summed E-state index contributed by atoms with van der Waals surface area (Å²) in [6.45, 7) is 2.57. The fraction of sp³-hybridized carbons (Fsp3) is 0.391. The second-order valence-electron chi connectivity index (χ2n) is 8.33. The number of hydrogen-bond acceptors (Lipinski definition) is 3. The molecule has 2 aromatic rings. The fourth-order valence-corrected chi connectivity index (χ4v) is 5.29. The first-order valence-corrected chi connectivity index (χ1v) is 10.2. The molecule has 156 valence electrons. The molecule has 1 fully saturated rings. The Morgan fingerprint density at radius 1 is 1.10 bits per heavy atom. The molecule has 3 aliphatic heterocycles. The first kappa shape index (κ1) is 19.2. The maximum absolute atomic E-state index is 13.8. The first-order chi connectivity index (χ1) is 14.3. The van der Waals surface area contributed by atoms with Crippen LogP contribution in [0.25, 0.3) is 0 Å². The molecule has 2 aromatic carbocycles. The van der Waals surface area contributed by atoms with Crippen LogP contribution in [0.1, 0.15) is 37.3 Å². The highest BCUT2D eigenvalue weighted by Gasteiger charge is 2.59. The van der Waals surface area contributed by atoms with Gasteiger partial charge in [-0.3, -0.25) is 4.79 Å². The standard InChI is InChI=1S/C23H22F3N3O/c1-15-22(21(30)29(27-15)18-7-3-2-4-8-18)14-16-13-17(23(24,25)26)10-11-19(16)28-12-6-5-9-20(22)28/h2-4,7-8,10-11,13,20H,5-6,9,12,14H2,1H3/t20-,22-/m1/s1. The Labute approximate surface area is 173 Å². The van der Waals surface area contributed by atoms with Crippen molar-refractivity contribution in [3.8, 4) is 0 Å². The van der Waals surface area contributed by atoms with Gasteiger partial charge in [-0.05, 0) is 68.5 Å². The van der Waals surface area contributed by atoms with Crippen LogP contribution in [0.3, 0.4) is 0 Å². The Bertz CT molecular complexity index is 1030. The average Bonchev–Trinajstić information content (AvgIpc) is 2.99. The number of fused-ring (bicyclic) bond motifs is 4. The second-order valence-corrected chi connectivity index (χ2v) is 8.33. The highest BCUT2D eigenvalue weighted by molar-refractivity contribution is 6.20. The van der Waals surface area contributed by atoms with Gasteiger partial charge in [0.25, 0.3) is 5.91 Å². The number of carbonyl (C=O) groups is 1. The molecule has 2 atom stereocenters. The minimum absolute atomic E-state index is 0.0968. The minimum atomic E-state index is -4.42. The lowest BCUT2D eigenvalue weighted by atomic mass is 9.65. The van der Waals surface area contributed by atoms with Crippen LogP contribution < -0.4 is 9.91 Å². The van der Waals surface area contributed by atoms with Gasteiger partial charge in [-0.1, -0.05) is 18.2 Å². The third kappa shape index (κ3) is 2.67. The molecule has 3 heterocycles. The summed E-state index contributed by atoms with van der Waals surface area (Å²) < 4.78 is 40.2. The topological polar surface area (TPSA) is 35.9 Å². The molecule has 0 unspecified atom stereocenters. The Morgan fingerprint density at radius 3 is 2.60 bits per heavy atom. The third-order valence-corrected chi connectivity index (χ3v) is 6.73. The summed E-state index contributed by atoms with van der Waals surface area (Å²) in [5.41, 5.74) is 1.13. The SMILES string of the molecule is CC1=NN(c2ccccc2)C(=O)[C@]12Cc1cc(C(F)(F)F)ccc1N1CCCC[C@@H]12. The Morgan fingerprint density at radius 2 is 1.87 bits per heavy atom. The van der Waals surface area contributed by atoms with Crippen molar-refractivity contribution in [1.82, 2.24) is 0 Å². The normalized spacial score (nSPS) is 25.9. The first-order valence-electron chi connectivity index (χ1n) is 10.2. The van der Waals surface area contributed by atoms with Crippen LogP contribution >= 0.6 is 0 Å². The zero-order valence-electron chi connectivity index (χ0n) is 16.6. The van der Waals surface area contributed by atoms with Crippen LogP contribution in [0.15, 0.2) is 53.6 Å². The van der Waals surface area contributed by atoms with Crippen molar-refractivity contribution < 1.29 is 18.0 Å². The van der Waals surface area contributed by atoms with Gasteiger partial charge < -0.3 is 4.90 Å². The summed E-state index contributed by atoms with van der Waals surface area (Å²) in [4.78, 5) is 15.9. The molecule has 0 saturated carbocycles. The molecule has 1 saturated heterocycles. The summed E-state index contributed by atoms with van der Waals surface area (Å²) >= 11 is 0. The molecule has 0 aliphatic carbocycles. The second kappa shape index (κ2) is 6.59. The van der Waals surface area contributed by atoms with E-state index in [1.165, 1.54) is 11.1 Å². The van der Waals surface area contributed by atoms with Gasteiger partial charge >= 0.3 is 6.18 Å². The van der Waals surface area contributed by atoms with E-state index in [0.717, 1.165) is 37.6 Å². The number of nitrogens with zero attached hydrogens (tertiary/aromatic N) is 3. The number of carbonyl (C=O) groups excluding carboxylic acids is 1. The number of piperidine rings is 1. The van der Waals surface area contributed by atoms with Gasteiger partial charge in [0.1, 0.15) is 5.41 Å². The van der Waals surface area contributed by atoms with Crippen LogP contribution in [0.4, 0.5) is 24.5 Å². The molecule has 0 bridgehead atoms. The van der Waals surface area contributed by atoms with Crippen molar-refractivity contribution in [3.05, 3.63) is 59.7 Å². The minimum Gasteiger partial charge on any atom is -0.367 e. The summed E-state index contributed by atoms with van der Waals surface area (Å²) in [6.07, 6.45) is -1.41. The third-order valence-electron chi connectivity index (χ3n) is 6.73. The van der Waals surface area contributed by atoms with E-state index in [0.29, 0.717) is 17.0 Å². The zero-order valence-corrected chi connectivity index (χ0v) is 16.6. The summed E-state index contributed by atoms with van der Waals surface area (Å²) in [5, 5.41) is 6.03. The predicted octanol–water partition coefficient (Wildman–Crippen LogP) is 5.03. The lowest BCUT2D eigenvalue weighted by molar-refractivity contribution is -0.137. The van der Waals surface area contributed by atoms with Gasteiger partial charge in [0, 0.05) is 18.3 Å². The zero-order chi connectivity index (χ0) is 21.1. The lowest BCUT2D eigenvalue weighted by Gasteiger charge is -2.51. The number of hydrazone groups is 1. The molecule has 1 amide bonds. The molecule has 3 aliphatic rings. The number of anilines is 2. The maximum atomic E-state index is 13.8. The van der Waals surface area contributed by atoms with E-state index in [2.05, 4.69) is 10.0 Å². The van der Waals surface area contributed by atoms with E-state index >= 15 is 0 Å². The maximum Gasteiger partial charge on any atom is 0.416 e. The Hall–Kier alpha value is -2.83. The number of alkyl halides is 3. The average molecular weight is 413 g/mol. The monoisotopic (exact) mass is 413 g/mol. The van der Waals surface area contributed by atoms with Gasteiger partial charge in [-0.15, -0.1) is 0 Å². The predicted molar refractivity (Wildman–Crippen MR) is 110 cm³/mol. The fourth-order valence-electron chi connectivity index (χ4n) is 5.29. The van der Waals surface area contributed by atoms with Gasteiger partial charge in [0.05, 0.1) is 17.0 Å². The molecule has 30 heavy (non-hydrogen) atoms. The Kier molecular flexibility index (Phi) is 4.21. The molecule has 5 rings (SSSR count). The molecule has 0 aromatic heterocycles. The molecule has 7 heteroatoms. The Balaban J connectivity index is 1.64. The van der Waals surface area contributed by atoms with E-state index in [-0.39, 0.29) is 18.4 Å². The van der Waals surface area contributed by atoms with Crippen molar-refractivity contribution >= 4 is 23.0 Å². The van der Waals surface area contributed by atoms with Crippen molar-refractivity contribution in [2.24, 2.45) is 10.5 Å². The van der Waals surface area contributed by atoms with Crippen LogP contribution in [0, 0.1) is 5.41 Å². The highest BCUT2D eigenvalue weighted by Crippen LogP contribution is 2.50. The van der Waals surface area contributed by atoms with E-state index in [9.17, 15) is 18.0 Å². The summed E-state index contributed by atoms with van der Waals surface area (Å²) in [5.74, 6) is -0.147. The van der Waals surface area contributed by atoms with Crippen LogP contribution in [0.5, 0.6) is 0 Å². The van der Waals surface area contributed by atoms with Gasteiger partial charge in [0.15, 0.2) is 0 Å². The van der Waals surface area contributed by atoms with Gasteiger partial charge in [0.2, 0.25) is 0 Å². The van der Waals surface area contributed by atoms with Gasteiger partial charge in [-0.25, -0.2) is 0 Å². The van der Waals surface area contributed by atoms with Crippen molar-refractivity contribution in [1.29, 1.82) is 0 Å². The van der Waals surface area contributed by atoms with Gasteiger partial charge in [-0.2, -0.15) is 23.3 Å². The van der Waals surface area contributed by atoms with Crippen LogP contribution in [0.2, 0.25) is 0 Å². The van der Waals surface area contributed by atoms with Crippen molar-refractivity contribution in [2.45, 2.75) is 44.8 Å². The summed E-state index contributed by atoms with van der Waals surface area (Å²) in [7, 11) is 0. The van der Waals surface area contributed by atoms with E-state index in [1.807, 2.05) is 37.3 Å². The molecular weight excluding hydrogens is 391 g/mol. The number of rotatable bonds is 1. The quantitative estimate of drug-likeness (QED) is 0.658. The number of halogens is 3. The lowest BCUT2D eigenvalue weighted by Crippen LogP contribution is -2.61. The van der Waals surface area contributed by atoms with E-state index in [1.54, 1.807) is 6.07 Å². The summed E-state index contributed by atoms with van der Waals surface area (Å²) in [6, 6.07) is 13.0. The van der Waals surface area contributed by atoms with E-state index in [4.69, 9.17) is 0 Å². The van der Waals surface area contributed by atoms with Crippen molar-refractivity contribution in [2.75, 3.05) is 16.5 Å².